The van der Waals surface area contributed by atoms with Crippen LogP contribution in [0.15, 0.2) is 59.4 Å². The minimum absolute atomic E-state index is 0.217. The van der Waals surface area contributed by atoms with E-state index in [1.165, 1.54) is 0 Å². The van der Waals surface area contributed by atoms with Crippen LogP contribution in [0.25, 0.3) is 12.2 Å². The Hall–Kier alpha value is -2.86. The monoisotopic (exact) mass is 468 g/mol. The molecule has 0 spiro atoms. The first-order valence-corrected chi connectivity index (χ1v) is 11.1. The zero-order valence-electron chi connectivity index (χ0n) is 17.3. The zero-order chi connectivity index (χ0) is 22.7. The van der Waals surface area contributed by atoms with Crippen molar-refractivity contribution < 1.29 is 9.63 Å². The molecular formula is C25H22Cl2N2O3. The lowest BCUT2D eigenvalue weighted by molar-refractivity contribution is 0.0503. The molecule has 164 valence electrons. The minimum Gasteiger partial charge on any atom is -0.370 e. The lowest BCUT2D eigenvalue weighted by Gasteiger charge is -2.16. The Morgan fingerprint density at radius 1 is 1.09 bits per heavy atom. The summed E-state index contributed by atoms with van der Waals surface area (Å²) in [5.41, 5.74) is 4.04. The number of halogens is 2. The number of rotatable bonds is 7. The number of aromatic nitrogens is 1. The Bertz CT molecular complexity index is 1230. The molecule has 4 rings (SSSR count). The summed E-state index contributed by atoms with van der Waals surface area (Å²) < 4.78 is 1.74. The first-order chi connectivity index (χ1) is 15.5. The van der Waals surface area contributed by atoms with Gasteiger partial charge in [0.1, 0.15) is 5.02 Å². The third-order valence-corrected chi connectivity index (χ3v) is 6.04. The quantitative estimate of drug-likeness (QED) is 0.466. The van der Waals surface area contributed by atoms with Gasteiger partial charge in [0.2, 0.25) is 0 Å². The average molecular weight is 469 g/mol. The number of hydrogen-bond acceptors (Lipinski definition) is 4. The molecule has 3 aromatic rings. The fourth-order valence-electron chi connectivity index (χ4n) is 3.70. The van der Waals surface area contributed by atoms with Gasteiger partial charge in [-0.3, -0.25) is 4.79 Å². The largest absolute Gasteiger partial charge is 0.370 e. The van der Waals surface area contributed by atoms with Crippen molar-refractivity contribution in [2.75, 3.05) is 0 Å². The summed E-state index contributed by atoms with van der Waals surface area (Å²) >= 11 is 12.4. The summed E-state index contributed by atoms with van der Waals surface area (Å²) in [6.07, 6.45) is 6.71. The summed E-state index contributed by atoms with van der Waals surface area (Å²) in [6.45, 7) is 0.453. The van der Waals surface area contributed by atoms with E-state index in [0.29, 0.717) is 29.5 Å². The van der Waals surface area contributed by atoms with Gasteiger partial charge < -0.3 is 9.40 Å². The van der Waals surface area contributed by atoms with Gasteiger partial charge in [-0.15, -0.1) is 0 Å². The van der Waals surface area contributed by atoms with Gasteiger partial charge in [-0.1, -0.05) is 53.5 Å². The van der Waals surface area contributed by atoms with Crippen LogP contribution in [0.5, 0.6) is 0 Å². The van der Waals surface area contributed by atoms with E-state index in [2.05, 4.69) is 4.84 Å². The van der Waals surface area contributed by atoms with Gasteiger partial charge in [0.15, 0.2) is 0 Å². The predicted octanol–water partition coefficient (Wildman–Crippen LogP) is 5.48. The van der Waals surface area contributed by atoms with Crippen molar-refractivity contribution in [3.63, 3.8) is 0 Å². The van der Waals surface area contributed by atoms with Crippen LogP contribution in [-0.2, 0) is 17.8 Å². The molecule has 2 N–H and O–H groups in total. The number of carbonyl (C=O) groups is 1. The van der Waals surface area contributed by atoms with Crippen LogP contribution in [0.3, 0.4) is 0 Å². The molecule has 2 aromatic carbocycles. The molecule has 1 aliphatic rings. The molecule has 0 saturated heterocycles. The molecule has 0 atom stereocenters. The highest BCUT2D eigenvalue weighted by Gasteiger charge is 2.28. The van der Waals surface area contributed by atoms with Gasteiger partial charge in [-0.25, -0.2) is 4.79 Å². The maximum atomic E-state index is 13.0. The first kappa shape index (κ1) is 22.3. The predicted molar refractivity (Wildman–Crippen MR) is 128 cm³/mol. The van der Waals surface area contributed by atoms with Crippen molar-refractivity contribution in [1.82, 2.24) is 4.57 Å². The first-order valence-electron chi connectivity index (χ1n) is 10.3. The van der Waals surface area contributed by atoms with Crippen LogP contribution in [0.4, 0.5) is 0 Å². The molecule has 5 nitrogen and oxygen atoms in total. The second kappa shape index (κ2) is 9.74. The van der Waals surface area contributed by atoms with Gasteiger partial charge >= 0.3 is 5.97 Å². The number of carbonyl (C=O) groups excluding carboxylic acids is 1. The molecule has 0 unspecified atom stereocenters. The standard InChI is InChI=1S/C25H22Cl2N2O3/c26-20-3-1-2-17(14-20)6-11-23-21(18-9-10-18)15-22(27)24(30)29(23)13-12-16-4-7-19(8-5-16)25(31)32-28/h1-8,11,14-15,18H,9-10,12-13,28H2/b11-6+. The second-order valence-corrected chi connectivity index (χ2v) is 8.65. The number of benzene rings is 2. The van der Waals surface area contributed by atoms with Gasteiger partial charge in [0.25, 0.3) is 5.56 Å². The Labute approximate surface area is 196 Å². The van der Waals surface area contributed by atoms with E-state index in [9.17, 15) is 9.59 Å². The van der Waals surface area contributed by atoms with Gasteiger partial charge in [-0.2, -0.15) is 5.90 Å². The van der Waals surface area contributed by atoms with E-state index in [-0.39, 0.29) is 10.6 Å². The number of nitrogens with zero attached hydrogens (tertiary/aromatic N) is 1. The molecule has 1 aromatic heterocycles. The van der Waals surface area contributed by atoms with E-state index in [1.807, 2.05) is 54.6 Å². The van der Waals surface area contributed by atoms with Crippen molar-refractivity contribution in [1.29, 1.82) is 0 Å². The molecule has 1 fully saturated rings. The molecular weight excluding hydrogens is 447 g/mol. The number of nitrogens with two attached hydrogens (primary N) is 1. The smallest absolute Gasteiger partial charge is 0.356 e. The van der Waals surface area contributed by atoms with Crippen molar-refractivity contribution in [2.24, 2.45) is 5.90 Å². The Kier molecular flexibility index (Phi) is 6.80. The van der Waals surface area contributed by atoms with Crippen LogP contribution in [0, 0.1) is 0 Å². The minimum atomic E-state index is -0.592. The molecule has 0 aliphatic heterocycles. The Balaban J connectivity index is 1.66. The van der Waals surface area contributed by atoms with Crippen LogP contribution in [0.1, 0.15) is 51.5 Å². The van der Waals surface area contributed by atoms with E-state index in [1.54, 1.807) is 16.7 Å². The molecule has 1 heterocycles. The van der Waals surface area contributed by atoms with Gasteiger partial charge in [0.05, 0.1) is 5.56 Å². The van der Waals surface area contributed by atoms with Crippen molar-refractivity contribution >= 4 is 41.3 Å². The van der Waals surface area contributed by atoms with Gasteiger partial charge in [-0.05, 0) is 78.3 Å². The lowest BCUT2D eigenvalue weighted by Crippen LogP contribution is -2.25. The van der Waals surface area contributed by atoms with E-state index < -0.39 is 5.97 Å². The SMILES string of the molecule is NOC(=O)c1ccc(CCn2c(/C=C/c3cccc(Cl)c3)c(C3CC3)cc(Cl)c2=O)cc1. The molecule has 0 amide bonds. The summed E-state index contributed by atoms with van der Waals surface area (Å²) in [4.78, 5) is 28.7. The maximum Gasteiger partial charge on any atom is 0.356 e. The maximum absolute atomic E-state index is 13.0. The van der Waals surface area contributed by atoms with E-state index in [0.717, 1.165) is 35.2 Å². The Morgan fingerprint density at radius 2 is 1.84 bits per heavy atom. The molecule has 1 aliphatic carbocycles. The summed E-state index contributed by atoms with van der Waals surface area (Å²) in [5.74, 6) is 4.76. The van der Waals surface area contributed by atoms with E-state index in [4.69, 9.17) is 29.1 Å². The Morgan fingerprint density at radius 3 is 2.50 bits per heavy atom. The van der Waals surface area contributed by atoms with Crippen LogP contribution in [-0.4, -0.2) is 10.5 Å². The van der Waals surface area contributed by atoms with E-state index >= 15 is 0 Å². The van der Waals surface area contributed by atoms with Crippen molar-refractivity contribution in [2.45, 2.75) is 31.7 Å². The van der Waals surface area contributed by atoms with Crippen molar-refractivity contribution in [3.05, 3.63) is 103 Å². The number of aryl methyl sites for hydroxylation is 1. The third kappa shape index (κ3) is 5.13. The molecule has 0 bridgehead atoms. The van der Waals surface area contributed by atoms with Crippen LogP contribution in [0.2, 0.25) is 10.0 Å². The van der Waals surface area contributed by atoms with Crippen LogP contribution >= 0.6 is 23.2 Å². The second-order valence-electron chi connectivity index (χ2n) is 7.80. The fourth-order valence-corrected chi connectivity index (χ4v) is 4.12. The molecule has 0 radical (unpaired) electrons. The zero-order valence-corrected chi connectivity index (χ0v) is 18.8. The highest BCUT2D eigenvalue weighted by Crippen LogP contribution is 2.42. The molecule has 32 heavy (non-hydrogen) atoms. The highest BCUT2D eigenvalue weighted by atomic mass is 35.5. The van der Waals surface area contributed by atoms with Gasteiger partial charge in [0, 0.05) is 17.3 Å². The number of hydrogen-bond donors (Lipinski definition) is 1. The summed E-state index contributed by atoms with van der Waals surface area (Å²) in [6, 6.07) is 16.3. The average Bonchev–Trinajstić information content (AvgIpc) is 3.64. The lowest BCUT2D eigenvalue weighted by atomic mass is 10.1. The highest BCUT2D eigenvalue weighted by molar-refractivity contribution is 6.31. The van der Waals surface area contributed by atoms with Crippen LogP contribution < -0.4 is 11.5 Å². The molecule has 7 heteroatoms. The summed E-state index contributed by atoms with van der Waals surface area (Å²) in [7, 11) is 0. The summed E-state index contributed by atoms with van der Waals surface area (Å²) in [5, 5.41) is 0.887. The number of pyridine rings is 1. The molecule has 1 saturated carbocycles. The topological polar surface area (TPSA) is 74.3 Å². The van der Waals surface area contributed by atoms with Crippen molar-refractivity contribution in [3.8, 4) is 0 Å². The third-order valence-electron chi connectivity index (χ3n) is 5.54. The normalized spacial score (nSPS) is 13.5. The fraction of sp³-hybridized carbons (Fsp3) is 0.200.